The van der Waals surface area contributed by atoms with Gasteiger partial charge < -0.3 is 28.4 Å². The zero-order chi connectivity index (χ0) is 26.8. The lowest BCUT2D eigenvalue weighted by atomic mass is 9.98. The number of carbonyl (C=O) groups excluding carboxylic acids is 4. The summed E-state index contributed by atoms with van der Waals surface area (Å²) in [6, 6.07) is 4.43. The first-order valence-corrected chi connectivity index (χ1v) is 9.98. The maximum atomic E-state index is 12.1. The molecule has 0 amide bonds. The Morgan fingerprint density at radius 1 is 0.969 bits per heavy atom. The Morgan fingerprint density at radius 3 is 2.16 bits per heavy atom. The van der Waals surface area contributed by atoms with Crippen molar-refractivity contribution in [2.45, 2.75) is 58.3 Å². The third-order valence-electron chi connectivity index (χ3n) is 3.95. The summed E-state index contributed by atoms with van der Waals surface area (Å²) in [6.45, 7) is -3.82. The molecule has 12 heteroatoms. The quantitative estimate of drug-likeness (QED) is 0.376. The van der Waals surface area contributed by atoms with Crippen LogP contribution in [0.15, 0.2) is 22.7 Å². The van der Waals surface area contributed by atoms with Crippen LogP contribution in [0.2, 0.25) is 5.02 Å². The van der Waals surface area contributed by atoms with Gasteiger partial charge in [0.25, 0.3) is 0 Å². The minimum Gasteiger partial charge on any atom is -0.463 e. The topological polar surface area (TPSA) is 124 Å². The fourth-order valence-corrected chi connectivity index (χ4v) is 3.24. The lowest BCUT2D eigenvalue weighted by molar-refractivity contribution is -0.288. The molecule has 0 aromatic heterocycles. The number of ether oxygens (including phenoxy) is 6. The minimum absolute atomic E-state index is 0.120. The maximum Gasteiger partial charge on any atom is 0.303 e. The predicted octanol–water partition coefficient (Wildman–Crippen LogP) is 2.56. The van der Waals surface area contributed by atoms with E-state index in [1.807, 2.05) is 0 Å². The van der Waals surface area contributed by atoms with Crippen LogP contribution in [0.25, 0.3) is 0 Å². The van der Waals surface area contributed by atoms with Crippen LogP contribution >= 0.6 is 27.5 Å². The van der Waals surface area contributed by atoms with Gasteiger partial charge in [-0.3, -0.25) is 19.2 Å². The van der Waals surface area contributed by atoms with Gasteiger partial charge in [-0.25, -0.2) is 0 Å². The highest BCUT2D eigenvalue weighted by atomic mass is 79.9. The highest BCUT2D eigenvalue weighted by Gasteiger charge is 2.53. The standard InChI is InChI=1S/C20H22BrClO10/c1-9(23)27-8-16-17(28-10(2)24)18(29-11(3)25)19(30-12(4)26)20(32-16)31-13-5-6-14(21)15(22)7-13/h5-7,16-20H,8H2,1-4H3/t16-,17-,18+,19+,20?/m1/s1/i1D,2D,3D,4D. The Balaban J connectivity index is 2.52. The van der Waals surface area contributed by atoms with E-state index in [1.54, 1.807) is 6.07 Å². The molecule has 1 aliphatic heterocycles. The van der Waals surface area contributed by atoms with Gasteiger partial charge in [0.05, 0.1) is 5.02 Å². The molecule has 0 N–H and O–H groups in total. The highest BCUT2D eigenvalue weighted by molar-refractivity contribution is 9.10. The average Bonchev–Trinajstić information content (AvgIpc) is 2.87. The summed E-state index contributed by atoms with van der Waals surface area (Å²) in [4.78, 5) is 47.7. The van der Waals surface area contributed by atoms with Gasteiger partial charge in [0.2, 0.25) is 12.4 Å². The molecule has 0 spiro atoms. The van der Waals surface area contributed by atoms with Gasteiger partial charge in [-0.05, 0) is 28.1 Å². The van der Waals surface area contributed by atoms with E-state index in [4.69, 9.17) is 45.5 Å². The molecule has 1 aromatic rings. The molecule has 2 rings (SSSR count). The minimum atomic E-state index is -1.64. The van der Waals surface area contributed by atoms with Gasteiger partial charge in [0, 0.05) is 43.6 Å². The molecule has 1 fully saturated rings. The first-order chi connectivity index (χ1) is 17.1. The summed E-state index contributed by atoms with van der Waals surface area (Å²) in [5.74, 6) is -4.05. The van der Waals surface area contributed by atoms with Gasteiger partial charge >= 0.3 is 23.9 Å². The Morgan fingerprint density at radius 2 is 1.56 bits per heavy atom. The lowest BCUT2D eigenvalue weighted by Gasteiger charge is -2.43. The Bertz CT molecular complexity index is 955. The van der Waals surface area contributed by atoms with E-state index < -0.39 is 88.8 Å². The van der Waals surface area contributed by atoms with Crippen LogP contribution in [0.1, 0.15) is 33.1 Å². The van der Waals surface area contributed by atoms with Crippen molar-refractivity contribution in [3.05, 3.63) is 27.7 Å². The predicted molar refractivity (Wildman–Crippen MR) is 112 cm³/mol. The average molecular weight is 542 g/mol. The second-order valence-electron chi connectivity index (χ2n) is 6.28. The van der Waals surface area contributed by atoms with E-state index in [2.05, 4.69) is 15.9 Å². The third-order valence-corrected chi connectivity index (χ3v) is 5.18. The zero-order valence-corrected chi connectivity index (χ0v) is 18.8. The van der Waals surface area contributed by atoms with Gasteiger partial charge in [0.1, 0.15) is 18.5 Å². The van der Waals surface area contributed by atoms with E-state index >= 15 is 0 Å². The Kier molecular flexibility index (Phi) is 7.27. The van der Waals surface area contributed by atoms with Crippen molar-refractivity contribution in [1.29, 1.82) is 0 Å². The van der Waals surface area contributed by atoms with Crippen molar-refractivity contribution in [3.63, 3.8) is 0 Å². The van der Waals surface area contributed by atoms with Crippen molar-refractivity contribution in [2.24, 2.45) is 0 Å². The van der Waals surface area contributed by atoms with Gasteiger partial charge in [-0.2, -0.15) is 0 Å². The summed E-state index contributed by atoms with van der Waals surface area (Å²) >= 11 is 9.33. The first kappa shape index (κ1) is 20.3. The number of esters is 4. The van der Waals surface area contributed by atoms with E-state index in [1.165, 1.54) is 12.1 Å². The van der Waals surface area contributed by atoms with Crippen LogP contribution in [0.3, 0.4) is 0 Å². The normalized spacial score (nSPS) is 26.4. The summed E-state index contributed by atoms with van der Waals surface area (Å²) in [5, 5.41) is 0.253. The van der Waals surface area contributed by atoms with E-state index in [9.17, 15) is 19.2 Å². The van der Waals surface area contributed by atoms with Crippen LogP contribution in [0, 0.1) is 0 Å². The molecule has 1 heterocycles. The van der Waals surface area contributed by atoms with Crippen molar-refractivity contribution in [1.82, 2.24) is 0 Å². The van der Waals surface area contributed by atoms with Crippen LogP contribution < -0.4 is 4.74 Å². The van der Waals surface area contributed by atoms with Crippen LogP contribution in [0.5, 0.6) is 5.75 Å². The van der Waals surface area contributed by atoms with Crippen LogP contribution in [-0.4, -0.2) is 61.2 Å². The summed E-state index contributed by atoms with van der Waals surface area (Å²) < 4.78 is 61.7. The Labute approximate surface area is 203 Å². The molecule has 5 atom stereocenters. The van der Waals surface area contributed by atoms with Gasteiger partial charge in [-0.15, -0.1) is 0 Å². The monoisotopic (exact) mass is 540 g/mol. The van der Waals surface area contributed by atoms with Crippen molar-refractivity contribution < 1.29 is 53.1 Å². The molecule has 0 bridgehead atoms. The largest absolute Gasteiger partial charge is 0.463 e. The SMILES string of the molecule is [2H]CC(=O)OC[C@H]1OC(Oc2ccc(Br)c(Cl)c2)[C@@H](OC(=O)C[2H])[C@@H](OC(=O)C[2H])[C@@H]1OC(=O)C[2H]. The molecule has 32 heavy (non-hydrogen) atoms. The highest BCUT2D eigenvalue weighted by Crippen LogP contribution is 2.33. The summed E-state index contributed by atoms with van der Waals surface area (Å²) in [6.07, 6.45) is -7.77. The number of hydrogen-bond donors (Lipinski definition) is 0. The number of rotatable bonds is 7. The number of hydrogen-bond acceptors (Lipinski definition) is 10. The molecule has 1 aliphatic rings. The zero-order valence-electron chi connectivity index (χ0n) is 20.5. The van der Waals surface area contributed by atoms with E-state index in [0.29, 0.717) is 4.47 Å². The third kappa shape index (κ3) is 7.35. The van der Waals surface area contributed by atoms with Crippen molar-refractivity contribution in [2.75, 3.05) is 6.61 Å². The van der Waals surface area contributed by atoms with Crippen molar-refractivity contribution in [3.8, 4) is 5.75 Å². The van der Waals surface area contributed by atoms with Crippen molar-refractivity contribution >= 4 is 51.4 Å². The fourth-order valence-electron chi connectivity index (χ4n) is 2.82. The van der Waals surface area contributed by atoms with Crippen LogP contribution in [-0.2, 0) is 42.9 Å². The summed E-state index contributed by atoms with van der Waals surface area (Å²) in [7, 11) is 0. The maximum absolute atomic E-state index is 12.1. The summed E-state index contributed by atoms with van der Waals surface area (Å²) in [5.41, 5.74) is 0. The second-order valence-corrected chi connectivity index (χ2v) is 7.54. The first-order valence-electron chi connectivity index (χ1n) is 11.6. The molecular weight excluding hydrogens is 516 g/mol. The smallest absolute Gasteiger partial charge is 0.303 e. The fraction of sp³-hybridized carbons (Fsp3) is 0.500. The van der Waals surface area contributed by atoms with Gasteiger partial charge in [-0.1, -0.05) is 11.6 Å². The Hall–Kier alpha value is -2.37. The van der Waals surface area contributed by atoms with E-state index in [0.717, 1.165) is 0 Å². The molecule has 1 aromatic carbocycles. The molecule has 10 nitrogen and oxygen atoms in total. The molecule has 1 saturated heterocycles. The molecule has 0 saturated carbocycles. The number of benzene rings is 1. The lowest BCUT2D eigenvalue weighted by Crippen LogP contribution is -2.63. The van der Waals surface area contributed by atoms with Crippen LogP contribution in [0.4, 0.5) is 0 Å². The molecule has 0 radical (unpaired) electrons. The van der Waals surface area contributed by atoms with Gasteiger partial charge in [0.15, 0.2) is 12.2 Å². The molecule has 176 valence electrons. The second kappa shape index (κ2) is 11.5. The van der Waals surface area contributed by atoms with E-state index in [-0.39, 0.29) is 10.8 Å². The number of halogens is 2. The molecular formula is C20H22BrClO10. The number of carbonyl (C=O) groups is 4. The molecule has 1 unspecified atom stereocenters. The molecule has 0 aliphatic carbocycles.